The summed E-state index contributed by atoms with van der Waals surface area (Å²) >= 11 is 0. The van der Waals surface area contributed by atoms with Crippen LogP contribution in [-0.4, -0.2) is 31.5 Å². The molecule has 0 spiro atoms. The minimum absolute atomic E-state index is 0.0661. The van der Waals surface area contributed by atoms with E-state index in [4.69, 9.17) is 4.74 Å². The summed E-state index contributed by atoms with van der Waals surface area (Å²) in [6, 6.07) is 12.2. The minimum Gasteiger partial charge on any atom is -0.465 e. The van der Waals surface area contributed by atoms with E-state index in [2.05, 4.69) is 18.6 Å². The second-order valence-corrected chi connectivity index (χ2v) is 6.97. The maximum Gasteiger partial charge on any atom is 0.337 e. The number of hydrogen-bond donors (Lipinski definition) is 0. The zero-order valence-corrected chi connectivity index (χ0v) is 16.9. The molecule has 0 unspecified atom stereocenters. The van der Waals surface area contributed by atoms with Crippen LogP contribution in [0.25, 0.3) is 0 Å². The molecule has 3 rings (SSSR count). The number of hydrogen-bond acceptors (Lipinski definition) is 5. The fourth-order valence-corrected chi connectivity index (χ4v) is 3.62. The maximum absolute atomic E-state index is 12.7. The van der Waals surface area contributed by atoms with Crippen LogP contribution in [0.3, 0.4) is 0 Å². The molecular formula is C23H25NO5. The molecule has 1 fully saturated rings. The van der Waals surface area contributed by atoms with E-state index >= 15 is 0 Å². The highest BCUT2D eigenvalue weighted by atomic mass is 16.5. The van der Waals surface area contributed by atoms with Crippen molar-refractivity contribution in [2.45, 2.75) is 33.1 Å². The Kier molecular flexibility index (Phi) is 6.32. The van der Waals surface area contributed by atoms with Crippen molar-refractivity contribution in [2.75, 3.05) is 18.6 Å². The van der Waals surface area contributed by atoms with Crippen molar-refractivity contribution < 1.29 is 23.9 Å². The molecule has 2 aromatic carbocycles. The Hall–Kier alpha value is -3.15. The lowest BCUT2D eigenvalue weighted by Crippen LogP contribution is -2.29. The highest BCUT2D eigenvalue weighted by Crippen LogP contribution is 2.33. The molecule has 1 aliphatic rings. The fourth-order valence-electron chi connectivity index (χ4n) is 3.62. The third-order valence-corrected chi connectivity index (χ3v) is 5.19. The molecule has 0 N–H and O–H groups in total. The Morgan fingerprint density at radius 3 is 2.21 bits per heavy atom. The largest absolute Gasteiger partial charge is 0.465 e. The van der Waals surface area contributed by atoms with Gasteiger partial charge in [-0.3, -0.25) is 9.59 Å². The summed E-state index contributed by atoms with van der Waals surface area (Å²) in [5.41, 5.74) is 3.51. The zero-order chi connectivity index (χ0) is 21.0. The average Bonchev–Trinajstić information content (AvgIpc) is 3.14. The first-order chi connectivity index (χ1) is 14.0. The second-order valence-electron chi connectivity index (χ2n) is 6.97. The van der Waals surface area contributed by atoms with Gasteiger partial charge in [0.25, 0.3) is 0 Å². The van der Waals surface area contributed by atoms with Crippen LogP contribution in [0.2, 0.25) is 0 Å². The van der Waals surface area contributed by atoms with E-state index < -0.39 is 17.9 Å². The number of aryl methyl sites for hydroxylation is 2. The van der Waals surface area contributed by atoms with Crippen molar-refractivity contribution >= 4 is 23.5 Å². The van der Waals surface area contributed by atoms with Crippen LogP contribution in [-0.2, 0) is 27.2 Å². The zero-order valence-electron chi connectivity index (χ0n) is 16.9. The van der Waals surface area contributed by atoms with Gasteiger partial charge in [0.2, 0.25) is 5.91 Å². The molecule has 0 radical (unpaired) electrons. The maximum atomic E-state index is 12.7. The molecule has 1 amide bonds. The van der Waals surface area contributed by atoms with Crippen molar-refractivity contribution in [3.05, 3.63) is 59.2 Å². The predicted octanol–water partition coefficient (Wildman–Crippen LogP) is 3.56. The molecule has 0 aliphatic carbocycles. The van der Waals surface area contributed by atoms with Gasteiger partial charge in [-0.05, 0) is 48.2 Å². The van der Waals surface area contributed by atoms with Crippen molar-refractivity contribution in [1.82, 2.24) is 0 Å². The Morgan fingerprint density at radius 2 is 1.66 bits per heavy atom. The lowest BCUT2D eigenvalue weighted by Gasteiger charge is -2.23. The van der Waals surface area contributed by atoms with Gasteiger partial charge in [0.15, 0.2) is 0 Å². The van der Waals surface area contributed by atoms with Gasteiger partial charge in [-0.2, -0.15) is 0 Å². The molecule has 6 nitrogen and oxygen atoms in total. The van der Waals surface area contributed by atoms with E-state index in [1.807, 2.05) is 18.2 Å². The lowest BCUT2D eigenvalue weighted by atomic mass is 10.0. The van der Waals surface area contributed by atoms with E-state index in [0.717, 1.165) is 29.7 Å². The van der Waals surface area contributed by atoms with Gasteiger partial charge in [0, 0.05) is 18.7 Å². The van der Waals surface area contributed by atoms with E-state index in [1.54, 1.807) is 17.0 Å². The van der Waals surface area contributed by atoms with Gasteiger partial charge < -0.3 is 14.4 Å². The van der Waals surface area contributed by atoms with Crippen LogP contribution in [0.15, 0.2) is 42.5 Å². The Balaban J connectivity index is 1.74. The topological polar surface area (TPSA) is 72.9 Å². The summed E-state index contributed by atoms with van der Waals surface area (Å²) in [4.78, 5) is 38.5. The highest BCUT2D eigenvalue weighted by Gasteiger charge is 2.37. The number of esters is 2. The normalized spacial score (nSPS) is 16.0. The SMILES string of the molecule is CCc1cccc(CC)c1N1C[C@@H](C(=O)Oc2ccc(C(=O)OC)cc2)CC1=O. The van der Waals surface area contributed by atoms with Gasteiger partial charge in [0.05, 0.1) is 18.6 Å². The average molecular weight is 395 g/mol. The van der Waals surface area contributed by atoms with Crippen LogP contribution in [0.1, 0.15) is 41.8 Å². The standard InChI is InChI=1S/C23H25NO5/c1-4-15-7-6-8-16(5-2)21(15)24-14-18(13-20(24)25)23(27)29-19-11-9-17(10-12-19)22(26)28-3/h6-12,18H,4-5,13-14H2,1-3H3/t18-/m0/s1. The van der Waals surface area contributed by atoms with Crippen molar-refractivity contribution in [1.29, 1.82) is 0 Å². The number of amides is 1. The molecule has 0 aromatic heterocycles. The first-order valence-electron chi connectivity index (χ1n) is 9.79. The van der Waals surface area contributed by atoms with Crippen molar-refractivity contribution in [3.63, 3.8) is 0 Å². The van der Waals surface area contributed by atoms with E-state index in [0.29, 0.717) is 17.9 Å². The number of anilines is 1. The fraction of sp³-hybridized carbons (Fsp3) is 0.348. The number of carbonyl (C=O) groups excluding carboxylic acids is 3. The molecule has 2 aromatic rings. The van der Waals surface area contributed by atoms with Gasteiger partial charge >= 0.3 is 11.9 Å². The number of rotatable bonds is 6. The van der Waals surface area contributed by atoms with Crippen LogP contribution >= 0.6 is 0 Å². The van der Waals surface area contributed by atoms with Crippen LogP contribution in [0.5, 0.6) is 5.75 Å². The smallest absolute Gasteiger partial charge is 0.337 e. The van der Waals surface area contributed by atoms with Gasteiger partial charge in [-0.15, -0.1) is 0 Å². The Labute approximate surface area is 170 Å². The number of methoxy groups -OCH3 is 1. The summed E-state index contributed by atoms with van der Waals surface area (Å²) in [5, 5.41) is 0. The molecule has 6 heteroatoms. The third kappa shape index (κ3) is 4.31. The van der Waals surface area contributed by atoms with Crippen LogP contribution in [0.4, 0.5) is 5.69 Å². The Morgan fingerprint density at radius 1 is 1.03 bits per heavy atom. The Bertz CT molecular complexity index is 897. The number of ether oxygens (including phenoxy) is 2. The first-order valence-corrected chi connectivity index (χ1v) is 9.79. The summed E-state index contributed by atoms with van der Waals surface area (Å²) in [6.45, 7) is 4.42. The molecule has 1 heterocycles. The molecule has 0 bridgehead atoms. The second kappa shape index (κ2) is 8.90. The van der Waals surface area contributed by atoms with Crippen LogP contribution in [0, 0.1) is 5.92 Å². The summed E-state index contributed by atoms with van der Waals surface area (Å²) < 4.78 is 10.1. The number of para-hydroxylation sites is 1. The molecule has 1 saturated heterocycles. The third-order valence-electron chi connectivity index (χ3n) is 5.19. The molecule has 1 aliphatic heterocycles. The molecular weight excluding hydrogens is 370 g/mol. The van der Waals surface area contributed by atoms with Crippen molar-refractivity contribution in [3.8, 4) is 5.75 Å². The molecule has 0 saturated carbocycles. The number of nitrogens with zero attached hydrogens (tertiary/aromatic N) is 1. The monoisotopic (exact) mass is 395 g/mol. The molecule has 29 heavy (non-hydrogen) atoms. The minimum atomic E-state index is -0.530. The quantitative estimate of drug-likeness (QED) is 0.552. The van der Waals surface area contributed by atoms with Gasteiger partial charge in [-0.25, -0.2) is 4.79 Å². The predicted molar refractivity (Wildman–Crippen MR) is 109 cm³/mol. The molecule has 152 valence electrons. The van der Waals surface area contributed by atoms with Gasteiger partial charge in [0.1, 0.15) is 5.75 Å². The lowest BCUT2D eigenvalue weighted by molar-refractivity contribution is -0.139. The highest BCUT2D eigenvalue weighted by molar-refractivity contribution is 6.01. The summed E-state index contributed by atoms with van der Waals surface area (Å²) in [6.07, 6.45) is 1.75. The number of carbonyl (C=O) groups is 3. The van der Waals surface area contributed by atoms with Crippen LogP contribution < -0.4 is 9.64 Å². The number of benzene rings is 2. The first kappa shape index (κ1) is 20.6. The van der Waals surface area contributed by atoms with Gasteiger partial charge in [-0.1, -0.05) is 32.0 Å². The van der Waals surface area contributed by atoms with E-state index in [1.165, 1.54) is 19.2 Å². The summed E-state index contributed by atoms with van der Waals surface area (Å²) in [7, 11) is 1.31. The van der Waals surface area contributed by atoms with Crippen molar-refractivity contribution in [2.24, 2.45) is 5.92 Å². The van der Waals surface area contributed by atoms with E-state index in [-0.39, 0.29) is 12.3 Å². The summed E-state index contributed by atoms with van der Waals surface area (Å²) in [5.74, 6) is -1.17. The van der Waals surface area contributed by atoms with E-state index in [9.17, 15) is 14.4 Å². The molecule has 1 atom stereocenters.